The zero-order valence-electron chi connectivity index (χ0n) is 25.3. The zero-order chi connectivity index (χ0) is 29.4. The van der Waals surface area contributed by atoms with Gasteiger partial charge in [0.05, 0.1) is 23.4 Å². The lowest BCUT2D eigenvalue weighted by molar-refractivity contribution is 1.18. The minimum atomic E-state index is -0.401. The largest absolute Gasteiger partial charge is 0.353 e. The molecular formula is C36H24N2. The molecule has 8 rings (SSSR count). The maximum atomic E-state index is 8.74. The van der Waals surface area contributed by atoms with Crippen LogP contribution in [0.15, 0.2) is 139 Å². The molecule has 0 saturated heterocycles. The molecule has 0 spiro atoms. The molecule has 2 heteroatoms. The van der Waals surface area contributed by atoms with Gasteiger partial charge in [0, 0.05) is 32.7 Å². The summed E-state index contributed by atoms with van der Waals surface area (Å²) < 4.78 is 44.5. The Kier molecular flexibility index (Phi) is 3.60. The highest BCUT2D eigenvalue weighted by atomic mass is 15.0. The molecule has 0 saturated carbocycles. The second kappa shape index (κ2) is 8.22. The Morgan fingerprint density at radius 2 is 1.21 bits per heavy atom. The summed E-state index contributed by atoms with van der Waals surface area (Å²) in [6, 6.07) is 35.3. The van der Waals surface area contributed by atoms with Gasteiger partial charge in [-0.05, 0) is 52.6 Å². The van der Waals surface area contributed by atoms with E-state index < -0.39 is 6.04 Å². The van der Waals surface area contributed by atoms with Gasteiger partial charge in [-0.25, -0.2) is 0 Å². The molecule has 0 unspecified atom stereocenters. The molecule has 1 N–H and O–H groups in total. The molecular weight excluding hydrogens is 460 g/mol. The zero-order valence-corrected chi connectivity index (χ0v) is 20.3. The van der Waals surface area contributed by atoms with Crippen LogP contribution in [0.1, 0.15) is 6.85 Å². The predicted octanol–water partition coefficient (Wildman–Crippen LogP) is 9.75. The van der Waals surface area contributed by atoms with Crippen LogP contribution in [0.4, 0.5) is 0 Å². The molecule has 0 fully saturated rings. The van der Waals surface area contributed by atoms with E-state index in [1.807, 2.05) is 66.7 Å². The predicted molar refractivity (Wildman–Crippen MR) is 161 cm³/mol. The van der Waals surface area contributed by atoms with Crippen LogP contribution < -0.4 is 0 Å². The Balaban J connectivity index is 1.54. The smallest absolute Gasteiger partial charge is 0.0783 e. The SMILES string of the molecule is [2H]c1c([2H])c([2H])c(-c2cc(-c3ccccc3)cc(-n3c4ccccc4c4ccc5c6ccccc6[nH]c5c43)c2)c([2H])c1[2H]. The van der Waals surface area contributed by atoms with Gasteiger partial charge in [-0.15, -0.1) is 0 Å². The molecule has 0 amide bonds. The fourth-order valence-corrected chi connectivity index (χ4v) is 5.71. The molecule has 38 heavy (non-hydrogen) atoms. The Bertz CT molecular complexity index is 2370. The molecule has 6 aromatic carbocycles. The van der Waals surface area contributed by atoms with E-state index in [2.05, 4.69) is 52.0 Å². The molecule has 178 valence electrons. The number of nitrogens with one attached hydrogen (secondary N) is 1. The number of aromatic nitrogens is 2. The average Bonchev–Trinajstić information content (AvgIpc) is 3.59. The van der Waals surface area contributed by atoms with Gasteiger partial charge in [-0.1, -0.05) is 109 Å². The Labute approximate surface area is 227 Å². The van der Waals surface area contributed by atoms with E-state index in [9.17, 15) is 0 Å². The highest BCUT2D eigenvalue weighted by Crippen LogP contribution is 2.40. The summed E-state index contributed by atoms with van der Waals surface area (Å²) >= 11 is 0. The number of hydrogen-bond acceptors (Lipinski definition) is 0. The van der Waals surface area contributed by atoms with Crippen LogP contribution in [0.5, 0.6) is 0 Å². The maximum absolute atomic E-state index is 8.74. The van der Waals surface area contributed by atoms with Crippen molar-refractivity contribution in [1.82, 2.24) is 9.55 Å². The van der Waals surface area contributed by atoms with E-state index in [1.54, 1.807) is 0 Å². The highest BCUT2D eigenvalue weighted by molar-refractivity contribution is 6.22. The first-order valence-corrected chi connectivity index (χ1v) is 12.6. The van der Waals surface area contributed by atoms with Crippen molar-refractivity contribution in [2.24, 2.45) is 0 Å². The third kappa shape index (κ3) is 3.14. The number of rotatable bonds is 3. The van der Waals surface area contributed by atoms with Crippen molar-refractivity contribution < 1.29 is 6.85 Å². The number of nitrogens with zero attached hydrogens (tertiary/aromatic N) is 1. The second-order valence-electron chi connectivity index (χ2n) is 9.54. The van der Waals surface area contributed by atoms with Crippen molar-refractivity contribution in [2.75, 3.05) is 0 Å². The number of para-hydroxylation sites is 2. The normalized spacial score (nSPS) is 13.5. The number of H-pyrrole nitrogens is 1. The average molecular weight is 490 g/mol. The van der Waals surface area contributed by atoms with Gasteiger partial charge >= 0.3 is 0 Å². The lowest BCUT2D eigenvalue weighted by Gasteiger charge is -2.14. The Morgan fingerprint density at radius 3 is 2.05 bits per heavy atom. The lowest BCUT2D eigenvalue weighted by Crippen LogP contribution is -1.96. The van der Waals surface area contributed by atoms with E-state index >= 15 is 0 Å². The summed E-state index contributed by atoms with van der Waals surface area (Å²) in [6.45, 7) is 0. The summed E-state index contributed by atoms with van der Waals surface area (Å²) in [5, 5.41) is 4.47. The fourth-order valence-electron chi connectivity index (χ4n) is 5.71. The molecule has 2 heterocycles. The Hall–Kier alpha value is -5.08. The van der Waals surface area contributed by atoms with Gasteiger partial charge in [0.25, 0.3) is 0 Å². The minimum absolute atomic E-state index is 0.182. The lowest BCUT2D eigenvalue weighted by atomic mass is 9.98. The molecule has 2 nitrogen and oxygen atoms in total. The molecule has 8 aromatic rings. The van der Waals surface area contributed by atoms with Crippen molar-refractivity contribution in [1.29, 1.82) is 0 Å². The van der Waals surface area contributed by atoms with Gasteiger partial charge in [-0.2, -0.15) is 0 Å². The van der Waals surface area contributed by atoms with Crippen LogP contribution in [0.3, 0.4) is 0 Å². The topological polar surface area (TPSA) is 20.7 Å². The van der Waals surface area contributed by atoms with Gasteiger partial charge < -0.3 is 9.55 Å². The van der Waals surface area contributed by atoms with Crippen molar-refractivity contribution in [2.45, 2.75) is 0 Å². The van der Waals surface area contributed by atoms with Crippen molar-refractivity contribution in [3.63, 3.8) is 0 Å². The molecule has 0 radical (unpaired) electrons. The molecule has 2 aromatic heterocycles. The van der Waals surface area contributed by atoms with Gasteiger partial charge in [0.1, 0.15) is 0 Å². The summed E-state index contributed by atoms with van der Waals surface area (Å²) in [5.41, 5.74) is 7.53. The van der Waals surface area contributed by atoms with Crippen LogP contribution in [-0.2, 0) is 0 Å². The Morgan fingerprint density at radius 1 is 0.526 bits per heavy atom. The van der Waals surface area contributed by atoms with Crippen molar-refractivity contribution in [3.8, 4) is 27.9 Å². The van der Waals surface area contributed by atoms with Crippen LogP contribution in [0.2, 0.25) is 0 Å². The van der Waals surface area contributed by atoms with E-state index in [0.29, 0.717) is 5.56 Å². The van der Waals surface area contributed by atoms with Crippen molar-refractivity contribution >= 4 is 43.6 Å². The minimum Gasteiger partial charge on any atom is -0.353 e. The first kappa shape index (κ1) is 16.6. The molecule has 0 atom stereocenters. The van der Waals surface area contributed by atoms with Crippen LogP contribution in [0, 0.1) is 0 Å². The molecule has 0 aliphatic carbocycles. The third-order valence-electron chi connectivity index (χ3n) is 7.39. The van der Waals surface area contributed by atoms with Crippen LogP contribution in [0.25, 0.3) is 71.6 Å². The van der Waals surface area contributed by atoms with Gasteiger partial charge in [0.2, 0.25) is 0 Å². The van der Waals surface area contributed by atoms with E-state index in [-0.39, 0.29) is 29.7 Å². The monoisotopic (exact) mass is 489 g/mol. The number of fused-ring (bicyclic) bond motifs is 7. The highest BCUT2D eigenvalue weighted by Gasteiger charge is 2.18. The number of benzene rings is 6. The molecule has 0 bridgehead atoms. The fraction of sp³-hybridized carbons (Fsp3) is 0. The third-order valence-corrected chi connectivity index (χ3v) is 7.39. The molecule has 0 aliphatic heterocycles. The quantitative estimate of drug-likeness (QED) is 0.255. The first-order valence-electron chi connectivity index (χ1n) is 15.1. The number of hydrogen-bond donors (Lipinski definition) is 1. The first-order chi connectivity index (χ1) is 20.9. The van der Waals surface area contributed by atoms with Crippen molar-refractivity contribution in [3.05, 3.63) is 139 Å². The standard InChI is InChI=1S/C36H24N2/c1-3-11-24(12-4-1)26-21-27(25-13-5-2-6-14-25)23-28(22-26)38-34-18-10-8-16-30(34)32-20-19-31-29-15-7-9-17-33(29)37-35(31)36(32)38/h1-23,37H/i1D,3D,4D,11D,12D. The van der Waals surface area contributed by atoms with E-state index in [4.69, 9.17) is 6.85 Å². The van der Waals surface area contributed by atoms with E-state index in [0.717, 1.165) is 60.4 Å². The van der Waals surface area contributed by atoms with Crippen LogP contribution >= 0.6 is 0 Å². The summed E-state index contributed by atoms with van der Waals surface area (Å²) in [5.74, 6) is 0. The maximum Gasteiger partial charge on any atom is 0.0783 e. The number of aromatic amines is 1. The summed E-state index contributed by atoms with van der Waals surface area (Å²) in [4.78, 5) is 3.67. The van der Waals surface area contributed by atoms with Gasteiger partial charge in [0.15, 0.2) is 0 Å². The summed E-state index contributed by atoms with van der Waals surface area (Å²) in [7, 11) is 0. The van der Waals surface area contributed by atoms with Gasteiger partial charge in [-0.3, -0.25) is 0 Å². The second-order valence-corrected chi connectivity index (χ2v) is 9.54. The summed E-state index contributed by atoms with van der Waals surface area (Å²) in [6.07, 6.45) is 0. The molecule has 0 aliphatic rings. The van der Waals surface area contributed by atoms with E-state index in [1.165, 1.54) is 0 Å². The van der Waals surface area contributed by atoms with Crippen LogP contribution in [-0.4, -0.2) is 9.55 Å².